The van der Waals surface area contributed by atoms with Gasteiger partial charge in [0.2, 0.25) is 0 Å². The summed E-state index contributed by atoms with van der Waals surface area (Å²) in [5.74, 6) is -1.05. The van der Waals surface area contributed by atoms with Gasteiger partial charge in [-0.15, -0.1) is 0 Å². The predicted octanol–water partition coefficient (Wildman–Crippen LogP) is 4.03. The van der Waals surface area contributed by atoms with Crippen molar-refractivity contribution in [2.24, 2.45) is 0 Å². The van der Waals surface area contributed by atoms with Crippen LogP contribution in [0.25, 0.3) is 0 Å². The van der Waals surface area contributed by atoms with Crippen LogP contribution in [0.4, 0.5) is 11.4 Å². The molecule has 3 N–H and O–H groups in total. The predicted molar refractivity (Wildman–Crippen MR) is 138 cm³/mol. The number of anilines is 2. The van der Waals surface area contributed by atoms with Crippen LogP contribution in [0, 0.1) is 0 Å². The summed E-state index contributed by atoms with van der Waals surface area (Å²) in [5, 5.41) is 3.55. The first-order valence-corrected chi connectivity index (χ1v) is 11.8. The van der Waals surface area contributed by atoms with Crippen LogP contribution in [0.3, 0.4) is 0 Å². The van der Waals surface area contributed by atoms with E-state index in [9.17, 15) is 9.59 Å². The number of rotatable bonds is 9. The first-order valence-electron chi connectivity index (χ1n) is 11.8. The number of methoxy groups -OCH3 is 1. The van der Waals surface area contributed by atoms with Crippen molar-refractivity contribution in [1.29, 1.82) is 0 Å². The van der Waals surface area contributed by atoms with Gasteiger partial charge < -0.3 is 14.8 Å². The fraction of sp³-hybridized carbons (Fsp3) is 0.172. The number of fused-ring (bicyclic) bond motifs is 2. The summed E-state index contributed by atoms with van der Waals surface area (Å²) in [5.41, 5.74) is 7.50. The molecule has 0 spiro atoms. The van der Waals surface area contributed by atoms with Crippen molar-refractivity contribution in [2.45, 2.75) is 24.2 Å². The van der Waals surface area contributed by atoms with Crippen molar-refractivity contribution in [2.75, 3.05) is 17.9 Å². The van der Waals surface area contributed by atoms with E-state index in [4.69, 9.17) is 9.47 Å². The summed E-state index contributed by atoms with van der Waals surface area (Å²) in [4.78, 5) is 26.5. The Kier molecular flexibility index (Phi) is 6.56. The molecule has 2 aliphatic rings. The second-order valence-electron chi connectivity index (χ2n) is 8.67. The summed E-state index contributed by atoms with van der Waals surface area (Å²) < 4.78 is 11.6. The standard InChI is InChI=1S/C29H27N3O4/c1-35-28(34)26-25(27(33)32-31-22-15-9-4-10-16-22)23-17-18-29(26,36-23)24(19-20-11-5-2-6-12-20)30-21-13-7-3-8-14-21/h2-18,23-24,30-31H,19H2,1H3,(H,32,33). The van der Waals surface area contributed by atoms with Crippen molar-refractivity contribution in [3.8, 4) is 0 Å². The number of nitrogens with one attached hydrogen (secondary N) is 3. The van der Waals surface area contributed by atoms with E-state index in [1.54, 1.807) is 0 Å². The maximum atomic E-state index is 13.3. The first kappa shape index (κ1) is 23.4. The molecule has 36 heavy (non-hydrogen) atoms. The number of ether oxygens (including phenoxy) is 2. The Morgan fingerprint density at radius 3 is 2.17 bits per heavy atom. The fourth-order valence-corrected chi connectivity index (χ4v) is 4.77. The van der Waals surface area contributed by atoms with E-state index in [1.165, 1.54) is 7.11 Å². The van der Waals surface area contributed by atoms with Gasteiger partial charge in [0.1, 0.15) is 11.7 Å². The minimum atomic E-state index is -1.19. The third-order valence-electron chi connectivity index (χ3n) is 6.43. The van der Waals surface area contributed by atoms with E-state index in [1.807, 2.05) is 103 Å². The Morgan fingerprint density at radius 1 is 0.917 bits per heavy atom. The summed E-state index contributed by atoms with van der Waals surface area (Å²) in [6.45, 7) is 0. The van der Waals surface area contributed by atoms with Gasteiger partial charge in [-0.1, -0.05) is 72.8 Å². The number of amides is 1. The number of esters is 1. The highest BCUT2D eigenvalue weighted by Crippen LogP contribution is 2.47. The van der Waals surface area contributed by atoms with Crippen LogP contribution in [0.1, 0.15) is 5.56 Å². The van der Waals surface area contributed by atoms with Crippen molar-refractivity contribution >= 4 is 23.3 Å². The largest absolute Gasteiger partial charge is 0.466 e. The van der Waals surface area contributed by atoms with Gasteiger partial charge in [0.15, 0.2) is 0 Å². The van der Waals surface area contributed by atoms with Crippen LogP contribution in [0.5, 0.6) is 0 Å². The molecule has 1 amide bonds. The normalized spacial score (nSPS) is 20.6. The third kappa shape index (κ3) is 4.48. The van der Waals surface area contributed by atoms with Gasteiger partial charge >= 0.3 is 5.97 Å². The van der Waals surface area contributed by atoms with Crippen molar-refractivity contribution in [3.63, 3.8) is 0 Å². The highest BCUT2D eigenvalue weighted by Gasteiger charge is 2.58. The van der Waals surface area contributed by atoms with Crippen molar-refractivity contribution in [1.82, 2.24) is 5.43 Å². The second-order valence-corrected chi connectivity index (χ2v) is 8.67. The summed E-state index contributed by atoms with van der Waals surface area (Å²) in [6, 6.07) is 28.5. The SMILES string of the molecule is COC(=O)C1=C(C(=O)NNc2ccccc2)C2C=CC1(C(Cc1ccccc1)Nc1ccccc1)O2. The van der Waals surface area contributed by atoms with Gasteiger partial charge in [-0.05, 0) is 42.3 Å². The monoisotopic (exact) mass is 481 g/mol. The molecule has 0 saturated heterocycles. The van der Waals surface area contributed by atoms with E-state index >= 15 is 0 Å². The topological polar surface area (TPSA) is 88.7 Å². The molecule has 3 aromatic rings. The van der Waals surface area contributed by atoms with Crippen LogP contribution in [0.2, 0.25) is 0 Å². The zero-order valence-electron chi connectivity index (χ0n) is 19.8. The molecule has 0 fully saturated rings. The summed E-state index contributed by atoms with van der Waals surface area (Å²) in [6.07, 6.45) is 3.57. The zero-order valence-corrected chi connectivity index (χ0v) is 19.8. The lowest BCUT2D eigenvalue weighted by Gasteiger charge is -2.36. The number of carbonyl (C=O) groups excluding carboxylic acids is 2. The van der Waals surface area contributed by atoms with Crippen LogP contribution < -0.4 is 16.2 Å². The maximum Gasteiger partial charge on any atom is 0.337 e. The third-order valence-corrected chi connectivity index (χ3v) is 6.43. The lowest BCUT2D eigenvalue weighted by atomic mass is 9.79. The molecule has 3 unspecified atom stereocenters. The van der Waals surface area contributed by atoms with Gasteiger partial charge in [-0.3, -0.25) is 15.6 Å². The quantitative estimate of drug-likeness (QED) is 0.243. The van der Waals surface area contributed by atoms with Gasteiger partial charge in [0.25, 0.3) is 5.91 Å². The molecule has 7 heteroatoms. The Bertz CT molecular complexity index is 1250. The van der Waals surface area contributed by atoms with Crippen LogP contribution in [0.15, 0.2) is 114 Å². The van der Waals surface area contributed by atoms with E-state index < -0.39 is 29.6 Å². The number of benzene rings is 3. The molecule has 0 radical (unpaired) electrons. The average molecular weight is 482 g/mol. The molecule has 7 nitrogen and oxygen atoms in total. The van der Waals surface area contributed by atoms with Gasteiger partial charge in [-0.25, -0.2) is 4.79 Å². The summed E-state index contributed by atoms with van der Waals surface area (Å²) >= 11 is 0. The van der Waals surface area contributed by atoms with E-state index in [-0.39, 0.29) is 11.1 Å². The maximum absolute atomic E-state index is 13.3. The molecular formula is C29H27N3O4. The fourth-order valence-electron chi connectivity index (χ4n) is 4.77. The number of para-hydroxylation sites is 2. The smallest absolute Gasteiger partial charge is 0.337 e. The highest BCUT2D eigenvalue weighted by atomic mass is 16.5. The van der Waals surface area contributed by atoms with E-state index in [2.05, 4.69) is 16.2 Å². The number of hydrazine groups is 1. The zero-order chi connectivity index (χ0) is 25.0. The highest BCUT2D eigenvalue weighted by molar-refractivity contribution is 6.07. The molecule has 0 saturated carbocycles. The lowest BCUT2D eigenvalue weighted by molar-refractivity contribution is -0.138. The molecule has 0 aromatic heterocycles. The molecule has 182 valence electrons. The number of carbonyl (C=O) groups is 2. The van der Waals surface area contributed by atoms with Gasteiger partial charge in [0.05, 0.1) is 30.0 Å². The van der Waals surface area contributed by atoms with Gasteiger partial charge in [0, 0.05) is 5.69 Å². The Hall–Kier alpha value is -4.36. The van der Waals surface area contributed by atoms with Gasteiger partial charge in [-0.2, -0.15) is 0 Å². The van der Waals surface area contributed by atoms with Crippen molar-refractivity contribution in [3.05, 3.63) is 120 Å². The molecule has 3 atom stereocenters. The minimum Gasteiger partial charge on any atom is -0.466 e. The van der Waals surface area contributed by atoms with E-state index in [0.29, 0.717) is 12.1 Å². The Balaban J connectivity index is 1.52. The molecular weight excluding hydrogens is 454 g/mol. The Labute approximate surface area is 209 Å². The van der Waals surface area contributed by atoms with Crippen molar-refractivity contribution < 1.29 is 19.1 Å². The van der Waals surface area contributed by atoms with E-state index in [0.717, 1.165) is 11.3 Å². The minimum absolute atomic E-state index is 0.203. The first-order chi connectivity index (χ1) is 17.6. The molecule has 5 rings (SSSR count). The molecule has 3 aromatic carbocycles. The number of hydrogen-bond donors (Lipinski definition) is 3. The average Bonchev–Trinajstić information content (AvgIpc) is 3.51. The molecule has 2 heterocycles. The van der Waals surface area contributed by atoms with Crippen LogP contribution in [-0.2, 0) is 25.5 Å². The number of hydrogen-bond acceptors (Lipinski definition) is 6. The van der Waals surface area contributed by atoms with Crippen LogP contribution >= 0.6 is 0 Å². The molecule has 2 aliphatic heterocycles. The summed E-state index contributed by atoms with van der Waals surface area (Å²) in [7, 11) is 1.31. The Morgan fingerprint density at radius 2 is 1.53 bits per heavy atom. The molecule has 0 aliphatic carbocycles. The molecule has 2 bridgehead atoms. The van der Waals surface area contributed by atoms with Crippen LogP contribution in [-0.4, -0.2) is 36.7 Å². The lowest BCUT2D eigenvalue weighted by Crippen LogP contribution is -2.49. The second kappa shape index (κ2) is 10.1.